The molecule has 0 amide bonds. The number of nitrogens with one attached hydrogen (secondary N) is 1. The largest absolute Gasteiger partial charge is 0.416 e. The predicted octanol–water partition coefficient (Wildman–Crippen LogP) is 8.28. The third kappa shape index (κ3) is 5.31. The molecule has 3 aromatic rings. The summed E-state index contributed by atoms with van der Waals surface area (Å²) >= 11 is 0. The summed E-state index contributed by atoms with van der Waals surface area (Å²) < 4.78 is 71.0. The highest BCUT2D eigenvalue weighted by atomic mass is 19.4. The van der Waals surface area contributed by atoms with Gasteiger partial charge in [0.2, 0.25) is 0 Å². The molecular weight excluding hydrogens is 461 g/mol. The van der Waals surface area contributed by atoms with Crippen molar-refractivity contribution in [2.75, 3.05) is 5.32 Å². The normalized spacial score (nSPS) is 17.6. The Morgan fingerprint density at radius 1 is 1.20 bits per heavy atom. The lowest BCUT2D eigenvalue weighted by Crippen LogP contribution is -2.21. The molecule has 3 nitrogen and oxygen atoms in total. The molecule has 1 aliphatic heterocycles. The lowest BCUT2D eigenvalue weighted by molar-refractivity contribution is -0.0883. The van der Waals surface area contributed by atoms with Crippen LogP contribution >= 0.6 is 0 Å². The van der Waals surface area contributed by atoms with Gasteiger partial charge >= 0.3 is 6.18 Å². The number of halogens is 5. The van der Waals surface area contributed by atoms with Crippen LogP contribution in [0.15, 0.2) is 72.1 Å². The van der Waals surface area contributed by atoms with Crippen molar-refractivity contribution in [3.8, 4) is 0 Å². The molecule has 0 saturated heterocycles. The molecule has 0 spiro atoms. The van der Waals surface area contributed by atoms with Gasteiger partial charge in [-0.1, -0.05) is 37.3 Å². The SMILES string of the molecule is C\C=C(F)/C(=C\C(=C\CC)C(F)(F)F)c1cc2n(n1)CCCC2Nc1cccc2ccc(F)cc12. The highest BCUT2D eigenvalue weighted by Crippen LogP contribution is 2.36. The highest BCUT2D eigenvalue weighted by molar-refractivity contribution is 5.94. The molecule has 184 valence electrons. The van der Waals surface area contributed by atoms with E-state index in [9.17, 15) is 22.0 Å². The maximum atomic E-state index is 14.8. The molecule has 4 rings (SSSR count). The van der Waals surface area contributed by atoms with Gasteiger partial charge in [0.25, 0.3) is 0 Å². The summed E-state index contributed by atoms with van der Waals surface area (Å²) in [6.45, 7) is 3.59. The quantitative estimate of drug-likeness (QED) is 0.280. The van der Waals surface area contributed by atoms with Crippen molar-refractivity contribution in [3.63, 3.8) is 0 Å². The average Bonchev–Trinajstić information content (AvgIpc) is 3.26. The number of alkyl halides is 3. The van der Waals surface area contributed by atoms with Gasteiger partial charge in [-0.05, 0) is 61.9 Å². The Balaban J connectivity index is 1.74. The summed E-state index contributed by atoms with van der Waals surface area (Å²) in [5, 5.41) is 9.50. The number of hydrogen-bond acceptors (Lipinski definition) is 2. The number of nitrogens with zero attached hydrogens (tertiary/aromatic N) is 2. The lowest BCUT2D eigenvalue weighted by atomic mass is 10.0. The Hall–Kier alpha value is -3.42. The van der Waals surface area contributed by atoms with Crippen molar-refractivity contribution >= 4 is 22.0 Å². The van der Waals surface area contributed by atoms with Crippen molar-refractivity contribution in [1.29, 1.82) is 0 Å². The van der Waals surface area contributed by atoms with Crippen molar-refractivity contribution in [1.82, 2.24) is 9.78 Å². The van der Waals surface area contributed by atoms with Gasteiger partial charge in [0.15, 0.2) is 0 Å². The van der Waals surface area contributed by atoms with Crippen LogP contribution in [-0.2, 0) is 6.54 Å². The molecule has 2 aromatic carbocycles. The van der Waals surface area contributed by atoms with Gasteiger partial charge in [0.05, 0.1) is 23.0 Å². The third-order valence-electron chi connectivity index (χ3n) is 6.04. The zero-order valence-electron chi connectivity index (χ0n) is 19.5. The molecule has 2 heterocycles. The molecule has 35 heavy (non-hydrogen) atoms. The van der Waals surface area contributed by atoms with E-state index in [2.05, 4.69) is 10.4 Å². The lowest BCUT2D eigenvalue weighted by Gasteiger charge is -2.26. The maximum absolute atomic E-state index is 14.8. The molecule has 1 aliphatic rings. The van der Waals surface area contributed by atoms with Gasteiger partial charge in [-0.3, -0.25) is 4.68 Å². The van der Waals surface area contributed by atoms with Crippen LogP contribution in [0.5, 0.6) is 0 Å². The Kier molecular flexibility index (Phi) is 7.10. The number of allylic oxidation sites excluding steroid dienone is 6. The van der Waals surface area contributed by atoms with Gasteiger partial charge in [0.1, 0.15) is 11.6 Å². The van der Waals surface area contributed by atoms with E-state index in [1.54, 1.807) is 23.7 Å². The van der Waals surface area contributed by atoms with Crippen LogP contribution in [0.1, 0.15) is 50.5 Å². The van der Waals surface area contributed by atoms with E-state index in [0.717, 1.165) is 53.2 Å². The average molecular weight is 488 g/mol. The van der Waals surface area contributed by atoms with Crippen molar-refractivity contribution in [2.24, 2.45) is 0 Å². The van der Waals surface area contributed by atoms with E-state index in [1.165, 1.54) is 19.1 Å². The smallest absolute Gasteiger partial charge is 0.376 e. The fourth-order valence-corrected chi connectivity index (χ4v) is 4.37. The summed E-state index contributed by atoms with van der Waals surface area (Å²) in [6.07, 6.45) is 0.0530. The number of anilines is 1. The van der Waals surface area contributed by atoms with Crippen molar-refractivity contribution in [3.05, 3.63) is 89.3 Å². The highest BCUT2D eigenvalue weighted by Gasteiger charge is 2.33. The number of hydrogen-bond donors (Lipinski definition) is 1. The second kappa shape index (κ2) is 10.1. The van der Waals surface area contributed by atoms with Gasteiger partial charge in [-0.25, -0.2) is 8.78 Å². The summed E-state index contributed by atoms with van der Waals surface area (Å²) in [7, 11) is 0. The Morgan fingerprint density at radius 3 is 2.71 bits per heavy atom. The Bertz CT molecular complexity index is 1310. The summed E-state index contributed by atoms with van der Waals surface area (Å²) in [4.78, 5) is 0. The zero-order valence-corrected chi connectivity index (χ0v) is 19.5. The predicted molar refractivity (Wildman–Crippen MR) is 129 cm³/mol. The van der Waals surface area contributed by atoms with Crippen LogP contribution in [0, 0.1) is 5.82 Å². The summed E-state index contributed by atoms with van der Waals surface area (Å²) in [5.74, 6) is -1.12. The first kappa shape index (κ1) is 24.7. The first-order chi connectivity index (χ1) is 16.7. The van der Waals surface area contributed by atoms with E-state index in [1.807, 2.05) is 18.2 Å². The van der Waals surface area contributed by atoms with Crippen LogP contribution in [0.25, 0.3) is 16.3 Å². The van der Waals surface area contributed by atoms with E-state index in [-0.39, 0.29) is 29.5 Å². The number of rotatable bonds is 6. The second-order valence-electron chi connectivity index (χ2n) is 8.45. The van der Waals surface area contributed by atoms with Crippen molar-refractivity contribution < 1.29 is 22.0 Å². The van der Waals surface area contributed by atoms with Crippen LogP contribution < -0.4 is 5.32 Å². The van der Waals surface area contributed by atoms with E-state index in [0.29, 0.717) is 6.54 Å². The Morgan fingerprint density at radius 2 is 2.00 bits per heavy atom. The van der Waals surface area contributed by atoms with E-state index in [4.69, 9.17) is 0 Å². The second-order valence-corrected chi connectivity index (χ2v) is 8.45. The zero-order chi connectivity index (χ0) is 25.2. The first-order valence-electron chi connectivity index (χ1n) is 11.6. The minimum Gasteiger partial charge on any atom is -0.376 e. The number of aromatic nitrogens is 2. The molecule has 0 fully saturated rings. The first-order valence-corrected chi connectivity index (χ1v) is 11.6. The molecule has 1 N–H and O–H groups in total. The molecule has 0 aliphatic carbocycles. The molecule has 8 heteroatoms. The number of fused-ring (bicyclic) bond motifs is 2. The van der Waals surface area contributed by atoms with Crippen molar-refractivity contribution in [2.45, 2.75) is 51.9 Å². The van der Waals surface area contributed by atoms with Gasteiger partial charge in [-0.2, -0.15) is 18.3 Å². The minimum atomic E-state index is -4.61. The molecule has 1 unspecified atom stereocenters. The molecule has 0 bridgehead atoms. The van der Waals surface area contributed by atoms with Gasteiger partial charge in [-0.15, -0.1) is 0 Å². The minimum absolute atomic E-state index is 0.138. The van der Waals surface area contributed by atoms with E-state index < -0.39 is 17.6 Å². The summed E-state index contributed by atoms with van der Waals surface area (Å²) in [5.41, 5.74) is 0.494. The molecule has 1 aromatic heterocycles. The third-order valence-corrected chi connectivity index (χ3v) is 6.04. The van der Waals surface area contributed by atoms with Crippen LogP contribution in [0.2, 0.25) is 0 Å². The van der Waals surface area contributed by atoms with Gasteiger partial charge in [0, 0.05) is 23.2 Å². The monoisotopic (exact) mass is 487 g/mol. The topological polar surface area (TPSA) is 29.9 Å². The standard InChI is InChI=1S/C27H26F5N3/c1-3-7-18(27(30,31)32)14-21(22(29)4-2)25-16-26-24(10-6-13-35(26)34-25)33-23-9-5-8-17-11-12-19(28)15-20(17)23/h4-5,7-9,11-12,14-16,24,33H,3,6,10,13H2,1-2H3/b18-7-,21-14+,22-4+. The van der Waals surface area contributed by atoms with Crippen LogP contribution in [0.4, 0.5) is 27.6 Å². The molecular formula is C27H26F5N3. The summed E-state index contributed by atoms with van der Waals surface area (Å²) in [6, 6.07) is 11.6. The van der Waals surface area contributed by atoms with E-state index >= 15 is 0 Å². The fourth-order valence-electron chi connectivity index (χ4n) is 4.37. The fraction of sp³-hybridized carbons (Fsp3) is 0.296. The molecule has 0 saturated carbocycles. The van der Waals surface area contributed by atoms with Gasteiger partial charge < -0.3 is 5.32 Å². The number of aryl methyl sites for hydroxylation is 1. The Labute approximate surface area is 200 Å². The van der Waals surface area contributed by atoms with Crippen LogP contribution in [0.3, 0.4) is 0 Å². The molecule has 1 atom stereocenters. The number of benzene rings is 2. The maximum Gasteiger partial charge on any atom is 0.416 e. The molecule has 0 radical (unpaired) electrons. The van der Waals surface area contributed by atoms with Crippen LogP contribution in [-0.4, -0.2) is 16.0 Å².